The SMILES string of the molecule is CC(=O)O[C@H]1C[C@@H](NN)[C@H](O)[C@@H]1O. The number of rotatable bonds is 2. The molecule has 0 bridgehead atoms. The highest BCUT2D eigenvalue weighted by Crippen LogP contribution is 2.23. The molecule has 5 N–H and O–H groups in total. The smallest absolute Gasteiger partial charge is 0.302 e. The van der Waals surface area contributed by atoms with E-state index >= 15 is 0 Å². The molecule has 0 aromatic heterocycles. The lowest BCUT2D eigenvalue weighted by Crippen LogP contribution is -2.43. The molecule has 76 valence electrons. The van der Waals surface area contributed by atoms with E-state index in [9.17, 15) is 15.0 Å². The zero-order valence-electron chi connectivity index (χ0n) is 7.30. The average Bonchev–Trinajstić information content (AvgIpc) is 2.32. The molecule has 0 aromatic carbocycles. The summed E-state index contributed by atoms with van der Waals surface area (Å²) in [6.45, 7) is 1.25. The van der Waals surface area contributed by atoms with Crippen LogP contribution in [0, 0.1) is 0 Å². The molecule has 0 unspecified atom stereocenters. The molecule has 0 aliphatic heterocycles. The Morgan fingerprint density at radius 3 is 2.54 bits per heavy atom. The van der Waals surface area contributed by atoms with Crippen LogP contribution >= 0.6 is 0 Å². The molecule has 1 saturated carbocycles. The number of ether oxygens (including phenoxy) is 1. The van der Waals surface area contributed by atoms with Gasteiger partial charge < -0.3 is 14.9 Å². The third-order valence-corrected chi connectivity index (χ3v) is 2.16. The van der Waals surface area contributed by atoms with Crippen molar-refractivity contribution in [3.63, 3.8) is 0 Å². The highest BCUT2D eigenvalue weighted by Gasteiger charge is 2.42. The monoisotopic (exact) mass is 190 g/mol. The van der Waals surface area contributed by atoms with Crippen LogP contribution in [0.25, 0.3) is 0 Å². The Morgan fingerprint density at radius 1 is 1.54 bits per heavy atom. The van der Waals surface area contributed by atoms with Crippen molar-refractivity contribution in [2.24, 2.45) is 5.84 Å². The summed E-state index contributed by atoms with van der Waals surface area (Å²) in [6, 6.07) is -0.431. The van der Waals surface area contributed by atoms with Gasteiger partial charge in [0.1, 0.15) is 18.3 Å². The molecule has 0 heterocycles. The molecule has 0 spiro atoms. The summed E-state index contributed by atoms with van der Waals surface area (Å²) in [5.41, 5.74) is 2.35. The van der Waals surface area contributed by atoms with Crippen molar-refractivity contribution in [1.82, 2.24) is 5.43 Å². The second-order valence-corrected chi connectivity index (χ2v) is 3.14. The first-order valence-electron chi connectivity index (χ1n) is 4.05. The van der Waals surface area contributed by atoms with Crippen molar-refractivity contribution >= 4 is 5.97 Å². The Morgan fingerprint density at radius 2 is 2.15 bits per heavy atom. The number of esters is 1. The van der Waals surface area contributed by atoms with Gasteiger partial charge in [0.2, 0.25) is 0 Å². The minimum Gasteiger partial charge on any atom is -0.460 e. The minimum absolute atomic E-state index is 0.318. The van der Waals surface area contributed by atoms with Gasteiger partial charge in [-0.3, -0.25) is 16.1 Å². The first-order chi connectivity index (χ1) is 6.06. The van der Waals surface area contributed by atoms with Gasteiger partial charge >= 0.3 is 5.97 Å². The van der Waals surface area contributed by atoms with Crippen LogP contribution in [0.4, 0.5) is 0 Å². The van der Waals surface area contributed by atoms with Crippen molar-refractivity contribution in [3.05, 3.63) is 0 Å². The van der Waals surface area contributed by atoms with Gasteiger partial charge in [0.15, 0.2) is 0 Å². The maximum Gasteiger partial charge on any atom is 0.302 e. The van der Waals surface area contributed by atoms with Gasteiger partial charge in [-0.1, -0.05) is 0 Å². The van der Waals surface area contributed by atoms with Crippen LogP contribution < -0.4 is 11.3 Å². The van der Waals surface area contributed by atoms with E-state index in [-0.39, 0.29) is 0 Å². The first kappa shape index (κ1) is 10.4. The van der Waals surface area contributed by atoms with E-state index in [4.69, 9.17) is 10.6 Å². The van der Waals surface area contributed by atoms with Crippen LogP contribution in [0.5, 0.6) is 0 Å². The van der Waals surface area contributed by atoms with Crippen LogP contribution in [0.1, 0.15) is 13.3 Å². The van der Waals surface area contributed by atoms with E-state index in [1.165, 1.54) is 6.92 Å². The Hall–Kier alpha value is -0.690. The van der Waals surface area contributed by atoms with Crippen LogP contribution in [-0.4, -0.2) is 40.5 Å². The molecular weight excluding hydrogens is 176 g/mol. The fourth-order valence-corrected chi connectivity index (χ4v) is 1.48. The number of hydrogen-bond acceptors (Lipinski definition) is 6. The predicted molar refractivity (Wildman–Crippen MR) is 43.3 cm³/mol. The van der Waals surface area contributed by atoms with E-state index < -0.39 is 30.3 Å². The van der Waals surface area contributed by atoms with Gasteiger partial charge in [-0.25, -0.2) is 0 Å². The second-order valence-electron chi connectivity index (χ2n) is 3.14. The minimum atomic E-state index is -1.06. The molecule has 0 saturated heterocycles. The van der Waals surface area contributed by atoms with Gasteiger partial charge in [0.05, 0.1) is 6.04 Å². The molecule has 0 amide bonds. The Balaban J connectivity index is 2.55. The zero-order valence-corrected chi connectivity index (χ0v) is 7.30. The molecule has 1 aliphatic carbocycles. The summed E-state index contributed by atoms with van der Waals surface area (Å²) in [5.74, 6) is 4.64. The van der Waals surface area contributed by atoms with Crippen molar-refractivity contribution in [2.75, 3.05) is 0 Å². The first-order valence-corrected chi connectivity index (χ1v) is 4.05. The largest absolute Gasteiger partial charge is 0.460 e. The van der Waals surface area contributed by atoms with E-state index in [0.29, 0.717) is 6.42 Å². The fraction of sp³-hybridized carbons (Fsp3) is 0.857. The van der Waals surface area contributed by atoms with Crippen molar-refractivity contribution in [3.8, 4) is 0 Å². The van der Waals surface area contributed by atoms with Crippen molar-refractivity contribution in [2.45, 2.75) is 37.7 Å². The Bertz CT molecular complexity index is 199. The van der Waals surface area contributed by atoms with Crippen molar-refractivity contribution in [1.29, 1.82) is 0 Å². The number of hydrogen-bond donors (Lipinski definition) is 4. The van der Waals surface area contributed by atoms with E-state index in [1.54, 1.807) is 0 Å². The molecule has 6 nitrogen and oxygen atoms in total. The number of nitrogens with two attached hydrogens (primary N) is 1. The maximum absolute atomic E-state index is 10.6. The van der Waals surface area contributed by atoms with Crippen molar-refractivity contribution < 1.29 is 19.7 Å². The summed E-state index contributed by atoms with van der Waals surface area (Å²) in [4.78, 5) is 10.6. The molecule has 0 radical (unpaired) electrons. The topological polar surface area (TPSA) is 105 Å². The molecule has 1 aliphatic rings. The van der Waals surface area contributed by atoms with Crippen LogP contribution in [0.15, 0.2) is 0 Å². The van der Waals surface area contributed by atoms with Gasteiger partial charge in [-0.15, -0.1) is 0 Å². The quantitative estimate of drug-likeness (QED) is 0.225. The molecular formula is C7H14N2O4. The Kier molecular flexibility index (Phi) is 3.21. The van der Waals surface area contributed by atoms with Crippen LogP contribution in [0.3, 0.4) is 0 Å². The van der Waals surface area contributed by atoms with Gasteiger partial charge in [-0.05, 0) is 0 Å². The van der Waals surface area contributed by atoms with Crippen LogP contribution in [0.2, 0.25) is 0 Å². The number of carbonyl (C=O) groups excluding carboxylic acids is 1. The lowest BCUT2D eigenvalue weighted by atomic mass is 10.2. The van der Waals surface area contributed by atoms with E-state index in [1.807, 2.05) is 0 Å². The van der Waals surface area contributed by atoms with E-state index in [2.05, 4.69) is 5.43 Å². The van der Waals surface area contributed by atoms with Gasteiger partial charge in [0.25, 0.3) is 0 Å². The molecule has 1 fully saturated rings. The van der Waals surface area contributed by atoms with Crippen LogP contribution in [-0.2, 0) is 9.53 Å². The lowest BCUT2D eigenvalue weighted by Gasteiger charge is -2.15. The molecule has 13 heavy (non-hydrogen) atoms. The number of nitrogens with one attached hydrogen (secondary N) is 1. The summed E-state index contributed by atoms with van der Waals surface area (Å²) in [6.07, 6.45) is -2.41. The number of aliphatic hydroxyl groups is 2. The molecule has 4 atom stereocenters. The van der Waals surface area contributed by atoms with Gasteiger partial charge in [0, 0.05) is 13.3 Å². The summed E-state index contributed by atoms with van der Waals surface area (Å²) in [7, 11) is 0. The number of aliphatic hydroxyl groups excluding tert-OH is 2. The summed E-state index contributed by atoms with van der Waals surface area (Å²) < 4.78 is 4.78. The third kappa shape index (κ3) is 2.16. The number of carbonyl (C=O) groups is 1. The average molecular weight is 190 g/mol. The third-order valence-electron chi connectivity index (χ3n) is 2.16. The zero-order chi connectivity index (χ0) is 10.0. The Labute approximate surface area is 75.6 Å². The molecule has 1 rings (SSSR count). The highest BCUT2D eigenvalue weighted by atomic mass is 16.6. The normalized spacial score (nSPS) is 39.1. The lowest BCUT2D eigenvalue weighted by molar-refractivity contribution is -0.152. The predicted octanol–water partition coefficient (Wildman–Crippen LogP) is -2.12. The second kappa shape index (κ2) is 4.01. The standard InChI is InChI=1S/C7H14N2O4/c1-3(10)13-5-2-4(9-8)6(11)7(5)12/h4-7,9,11-12H,2,8H2,1H3/t4-,5+,6+,7-/m1/s1. The molecule has 0 aromatic rings. The number of hydrazine groups is 1. The van der Waals surface area contributed by atoms with E-state index in [0.717, 1.165) is 0 Å². The maximum atomic E-state index is 10.6. The highest BCUT2D eigenvalue weighted by molar-refractivity contribution is 5.66. The molecule has 6 heteroatoms. The summed E-state index contributed by atoms with van der Waals surface area (Å²) >= 11 is 0. The van der Waals surface area contributed by atoms with Gasteiger partial charge in [-0.2, -0.15) is 0 Å². The summed E-state index contributed by atoms with van der Waals surface area (Å²) in [5, 5.41) is 18.7. The fourth-order valence-electron chi connectivity index (χ4n) is 1.48.